The molecule has 3 nitrogen and oxygen atoms in total. The molecule has 1 N–H and O–H groups in total. The van der Waals surface area contributed by atoms with E-state index in [4.69, 9.17) is 4.74 Å². The zero-order valence-corrected chi connectivity index (χ0v) is 13.1. The normalized spacial score (nSPS) is 10.9. The van der Waals surface area contributed by atoms with Gasteiger partial charge in [-0.25, -0.2) is 9.37 Å². The van der Waals surface area contributed by atoms with Crippen LogP contribution >= 0.6 is 27.3 Å². The molecule has 0 atom stereocenters. The summed E-state index contributed by atoms with van der Waals surface area (Å²) in [5, 5.41) is 3.99. The van der Waals surface area contributed by atoms with Crippen LogP contribution in [0.25, 0.3) is 10.6 Å². The van der Waals surface area contributed by atoms with Crippen LogP contribution < -0.4 is 5.32 Å². The molecule has 0 fully saturated rings. The van der Waals surface area contributed by atoms with Crippen molar-refractivity contribution < 1.29 is 9.13 Å². The van der Waals surface area contributed by atoms with Crippen LogP contribution in [-0.4, -0.2) is 19.1 Å². The van der Waals surface area contributed by atoms with Crippen LogP contribution in [-0.2, 0) is 17.9 Å². The van der Waals surface area contributed by atoms with E-state index in [9.17, 15) is 4.39 Å². The molecule has 2 aromatic rings. The van der Waals surface area contributed by atoms with Gasteiger partial charge in [-0.05, 0) is 41.2 Å². The Morgan fingerprint density at radius 1 is 1.47 bits per heavy atom. The third-order valence-corrected chi connectivity index (χ3v) is 4.32. The van der Waals surface area contributed by atoms with Crippen molar-refractivity contribution >= 4 is 27.3 Å². The Morgan fingerprint density at radius 2 is 2.26 bits per heavy atom. The molecule has 0 aliphatic rings. The van der Waals surface area contributed by atoms with E-state index in [0.29, 0.717) is 11.1 Å². The first kappa shape index (κ1) is 14.6. The zero-order chi connectivity index (χ0) is 13.8. The first-order chi connectivity index (χ1) is 9.15. The standard InChI is InChI=1S/C13H14BrFN2OS/c1-16-6-12-11(7-18-2)17-13(19-12)8-3-4-10(15)9(14)5-8/h3-5,16H,6-7H2,1-2H3. The Hall–Kier alpha value is -0.820. The lowest BCUT2D eigenvalue weighted by Gasteiger charge is -1.98. The molecule has 19 heavy (non-hydrogen) atoms. The Balaban J connectivity index is 2.38. The first-order valence-electron chi connectivity index (χ1n) is 5.73. The number of rotatable bonds is 5. The second-order valence-corrected chi connectivity index (χ2v) is 5.92. The van der Waals surface area contributed by atoms with Crippen LogP contribution in [0.3, 0.4) is 0 Å². The number of hydrogen-bond acceptors (Lipinski definition) is 4. The van der Waals surface area contributed by atoms with Crippen LogP contribution in [0, 0.1) is 5.82 Å². The van der Waals surface area contributed by atoms with Gasteiger partial charge < -0.3 is 10.1 Å². The van der Waals surface area contributed by atoms with Crippen molar-refractivity contribution in [3.05, 3.63) is 39.1 Å². The van der Waals surface area contributed by atoms with Gasteiger partial charge in [-0.15, -0.1) is 11.3 Å². The number of thiazole rings is 1. The summed E-state index contributed by atoms with van der Waals surface area (Å²) in [7, 11) is 3.54. The Bertz CT molecular complexity index is 550. The minimum absolute atomic E-state index is 0.270. The number of ether oxygens (including phenoxy) is 1. The number of nitrogens with zero attached hydrogens (tertiary/aromatic N) is 1. The van der Waals surface area contributed by atoms with E-state index in [0.717, 1.165) is 27.7 Å². The summed E-state index contributed by atoms with van der Waals surface area (Å²) in [6.07, 6.45) is 0. The van der Waals surface area contributed by atoms with Crippen molar-refractivity contribution in [2.75, 3.05) is 14.2 Å². The maximum absolute atomic E-state index is 13.2. The van der Waals surface area contributed by atoms with Crippen LogP contribution in [0.15, 0.2) is 22.7 Å². The van der Waals surface area contributed by atoms with Crippen molar-refractivity contribution in [2.24, 2.45) is 0 Å². The lowest BCUT2D eigenvalue weighted by molar-refractivity contribution is 0.181. The zero-order valence-electron chi connectivity index (χ0n) is 10.7. The fourth-order valence-electron chi connectivity index (χ4n) is 1.68. The number of methoxy groups -OCH3 is 1. The molecule has 2 rings (SSSR count). The minimum atomic E-state index is -0.270. The Kier molecular flexibility index (Phi) is 5.04. The van der Waals surface area contributed by atoms with Gasteiger partial charge >= 0.3 is 0 Å². The van der Waals surface area contributed by atoms with Gasteiger partial charge in [0.25, 0.3) is 0 Å². The third-order valence-electron chi connectivity index (χ3n) is 2.56. The monoisotopic (exact) mass is 344 g/mol. The van der Waals surface area contributed by atoms with Crippen LogP contribution in [0.2, 0.25) is 0 Å². The van der Waals surface area contributed by atoms with Gasteiger partial charge in [-0.3, -0.25) is 0 Å². The quantitative estimate of drug-likeness (QED) is 0.900. The molecule has 0 unspecified atom stereocenters. The molecule has 0 radical (unpaired) electrons. The summed E-state index contributed by atoms with van der Waals surface area (Å²) in [6, 6.07) is 4.92. The average Bonchev–Trinajstić information content (AvgIpc) is 2.77. The summed E-state index contributed by atoms with van der Waals surface area (Å²) < 4.78 is 18.8. The van der Waals surface area contributed by atoms with E-state index in [2.05, 4.69) is 26.2 Å². The largest absolute Gasteiger partial charge is 0.378 e. The van der Waals surface area contributed by atoms with Gasteiger partial charge in [0.1, 0.15) is 10.8 Å². The fraction of sp³-hybridized carbons (Fsp3) is 0.308. The number of aromatic nitrogens is 1. The van der Waals surface area contributed by atoms with Crippen LogP contribution in [0.4, 0.5) is 4.39 Å². The van der Waals surface area contributed by atoms with E-state index >= 15 is 0 Å². The van der Waals surface area contributed by atoms with E-state index in [1.54, 1.807) is 30.6 Å². The molecule has 0 bridgehead atoms. The third kappa shape index (κ3) is 3.39. The molecular weight excluding hydrogens is 331 g/mol. The molecular formula is C13H14BrFN2OS. The number of benzene rings is 1. The number of nitrogens with one attached hydrogen (secondary N) is 1. The molecule has 0 saturated carbocycles. The molecule has 6 heteroatoms. The number of halogens is 2. The molecule has 1 heterocycles. The molecule has 1 aromatic carbocycles. The van der Waals surface area contributed by atoms with Crippen LogP contribution in [0.1, 0.15) is 10.6 Å². The topological polar surface area (TPSA) is 34.2 Å². The lowest BCUT2D eigenvalue weighted by atomic mass is 10.2. The van der Waals surface area contributed by atoms with Crippen molar-refractivity contribution in [1.82, 2.24) is 10.3 Å². The summed E-state index contributed by atoms with van der Waals surface area (Å²) in [4.78, 5) is 5.71. The molecule has 102 valence electrons. The molecule has 0 aliphatic carbocycles. The first-order valence-corrected chi connectivity index (χ1v) is 7.34. The Morgan fingerprint density at radius 3 is 2.89 bits per heavy atom. The lowest BCUT2D eigenvalue weighted by Crippen LogP contribution is -2.06. The van der Waals surface area contributed by atoms with E-state index in [1.807, 2.05) is 7.05 Å². The van der Waals surface area contributed by atoms with Crippen molar-refractivity contribution in [3.63, 3.8) is 0 Å². The highest BCUT2D eigenvalue weighted by Gasteiger charge is 2.13. The Labute approximate surface area is 124 Å². The molecule has 0 amide bonds. The second kappa shape index (κ2) is 6.56. The summed E-state index contributed by atoms with van der Waals surface area (Å²) in [6.45, 7) is 1.23. The van der Waals surface area contributed by atoms with Gasteiger partial charge in [-0.2, -0.15) is 0 Å². The SMILES string of the molecule is CNCc1sc(-c2ccc(F)c(Br)c2)nc1COC. The van der Waals surface area contributed by atoms with Crippen LogP contribution in [0.5, 0.6) is 0 Å². The maximum atomic E-state index is 13.2. The predicted molar refractivity (Wildman–Crippen MR) is 78.7 cm³/mol. The van der Waals surface area contributed by atoms with E-state index < -0.39 is 0 Å². The molecule has 0 spiro atoms. The molecule has 0 aliphatic heterocycles. The highest BCUT2D eigenvalue weighted by atomic mass is 79.9. The highest BCUT2D eigenvalue weighted by molar-refractivity contribution is 9.10. The van der Waals surface area contributed by atoms with Gasteiger partial charge in [0.15, 0.2) is 0 Å². The van der Waals surface area contributed by atoms with Gasteiger partial charge in [-0.1, -0.05) is 0 Å². The number of hydrogen-bond donors (Lipinski definition) is 1. The minimum Gasteiger partial charge on any atom is -0.378 e. The van der Waals surface area contributed by atoms with Crippen molar-refractivity contribution in [3.8, 4) is 10.6 Å². The predicted octanol–water partition coefficient (Wildman–Crippen LogP) is 3.58. The average molecular weight is 345 g/mol. The van der Waals surface area contributed by atoms with E-state index in [-0.39, 0.29) is 5.82 Å². The van der Waals surface area contributed by atoms with Gasteiger partial charge in [0, 0.05) is 24.1 Å². The van der Waals surface area contributed by atoms with Crippen molar-refractivity contribution in [1.29, 1.82) is 0 Å². The van der Waals surface area contributed by atoms with Gasteiger partial charge in [0.05, 0.1) is 16.8 Å². The highest BCUT2D eigenvalue weighted by Crippen LogP contribution is 2.31. The van der Waals surface area contributed by atoms with Gasteiger partial charge in [0.2, 0.25) is 0 Å². The second-order valence-electron chi connectivity index (χ2n) is 3.98. The molecule has 0 saturated heterocycles. The van der Waals surface area contributed by atoms with E-state index in [1.165, 1.54) is 6.07 Å². The smallest absolute Gasteiger partial charge is 0.137 e. The molecule has 1 aromatic heterocycles. The summed E-state index contributed by atoms with van der Waals surface area (Å²) in [5.74, 6) is -0.270. The summed E-state index contributed by atoms with van der Waals surface area (Å²) in [5.41, 5.74) is 1.83. The van der Waals surface area contributed by atoms with Crippen molar-refractivity contribution in [2.45, 2.75) is 13.2 Å². The summed E-state index contributed by atoms with van der Waals surface area (Å²) >= 11 is 4.79. The maximum Gasteiger partial charge on any atom is 0.137 e. The fourth-order valence-corrected chi connectivity index (χ4v) is 3.14.